The highest BCUT2D eigenvalue weighted by Gasteiger charge is 2.08. The molecule has 70 valence electrons. The van der Waals surface area contributed by atoms with E-state index in [9.17, 15) is 4.39 Å². The van der Waals surface area contributed by atoms with Gasteiger partial charge in [0.1, 0.15) is 0 Å². The molecule has 0 aliphatic heterocycles. The maximum Gasteiger partial charge on any atom is 0.0977 e. The molecule has 0 heterocycles. The predicted octanol–water partition coefficient (Wildman–Crippen LogP) is 2.78. The molecular formula is C9H21FO. The summed E-state index contributed by atoms with van der Waals surface area (Å²) in [5.41, 5.74) is 0. The van der Waals surface area contributed by atoms with Crippen molar-refractivity contribution in [3.05, 3.63) is 0 Å². The second-order valence-corrected chi connectivity index (χ2v) is 2.47. The van der Waals surface area contributed by atoms with E-state index >= 15 is 0 Å². The molecule has 2 unspecified atom stereocenters. The second kappa shape index (κ2) is 9.89. The molecule has 0 aliphatic carbocycles. The summed E-state index contributed by atoms with van der Waals surface area (Å²) in [6.45, 7) is 7.60. The minimum absolute atomic E-state index is 0.116. The SMILES string of the molecule is CC.CCC(CO)CC(C)F. The van der Waals surface area contributed by atoms with E-state index in [4.69, 9.17) is 5.11 Å². The highest BCUT2D eigenvalue weighted by molar-refractivity contribution is 4.58. The van der Waals surface area contributed by atoms with Gasteiger partial charge in [0, 0.05) is 6.61 Å². The molecule has 0 saturated carbocycles. The lowest BCUT2D eigenvalue weighted by atomic mass is 10.0. The molecule has 1 nitrogen and oxygen atoms in total. The third kappa shape index (κ3) is 9.89. The van der Waals surface area contributed by atoms with Crippen molar-refractivity contribution in [1.82, 2.24) is 0 Å². The Labute approximate surface area is 69.6 Å². The van der Waals surface area contributed by atoms with Crippen LogP contribution >= 0.6 is 0 Å². The first-order chi connectivity index (χ1) is 5.20. The Morgan fingerprint density at radius 2 is 1.82 bits per heavy atom. The molecule has 1 N–H and O–H groups in total. The van der Waals surface area contributed by atoms with Crippen LogP contribution in [0.15, 0.2) is 0 Å². The summed E-state index contributed by atoms with van der Waals surface area (Å²) in [6.07, 6.45) is 0.583. The Morgan fingerprint density at radius 1 is 1.36 bits per heavy atom. The van der Waals surface area contributed by atoms with Crippen molar-refractivity contribution < 1.29 is 9.50 Å². The van der Waals surface area contributed by atoms with Gasteiger partial charge in [0.25, 0.3) is 0 Å². The molecule has 2 heteroatoms. The van der Waals surface area contributed by atoms with Crippen LogP contribution in [0.4, 0.5) is 4.39 Å². The fourth-order valence-corrected chi connectivity index (χ4v) is 0.830. The van der Waals surface area contributed by atoms with Gasteiger partial charge in [-0.25, -0.2) is 4.39 Å². The first-order valence-electron chi connectivity index (χ1n) is 4.45. The predicted molar refractivity (Wildman–Crippen MR) is 47.4 cm³/mol. The summed E-state index contributed by atoms with van der Waals surface area (Å²) >= 11 is 0. The summed E-state index contributed by atoms with van der Waals surface area (Å²) < 4.78 is 12.2. The normalized spacial score (nSPS) is 14.7. The van der Waals surface area contributed by atoms with Crippen molar-refractivity contribution in [2.24, 2.45) is 5.92 Å². The van der Waals surface area contributed by atoms with Crippen LogP contribution in [0.2, 0.25) is 0 Å². The molecule has 0 aromatic carbocycles. The smallest absolute Gasteiger partial charge is 0.0977 e. The van der Waals surface area contributed by atoms with Gasteiger partial charge in [0.2, 0.25) is 0 Å². The van der Waals surface area contributed by atoms with Crippen LogP contribution in [-0.4, -0.2) is 17.9 Å². The Kier molecular flexibility index (Phi) is 12.1. The molecule has 2 atom stereocenters. The van der Waals surface area contributed by atoms with Gasteiger partial charge < -0.3 is 5.11 Å². The topological polar surface area (TPSA) is 20.2 Å². The maximum absolute atomic E-state index is 12.2. The third-order valence-electron chi connectivity index (χ3n) is 1.49. The fourth-order valence-electron chi connectivity index (χ4n) is 0.830. The molecule has 0 radical (unpaired) electrons. The highest BCUT2D eigenvalue weighted by Crippen LogP contribution is 2.11. The summed E-state index contributed by atoms with van der Waals surface area (Å²) in [5, 5.41) is 8.61. The molecule has 0 rings (SSSR count). The average Bonchev–Trinajstić information content (AvgIpc) is 2.03. The zero-order valence-electron chi connectivity index (χ0n) is 8.10. The van der Waals surface area contributed by atoms with Gasteiger partial charge in [-0.2, -0.15) is 0 Å². The van der Waals surface area contributed by atoms with E-state index in [2.05, 4.69) is 0 Å². The number of aliphatic hydroxyl groups is 1. The van der Waals surface area contributed by atoms with Crippen molar-refractivity contribution in [1.29, 1.82) is 0 Å². The van der Waals surface area contributed by atoms with Crippen LogP contribution in [0.1, 0.15) is 40.5 Å². The molecule has 0 bridgehead atoms. The Hall–Kier alpha value is -0.110. The van der Waals surface area contributed by atoms with Crippen LogP contribution in [0.25, 0.3) is 0 Å². The summed E-state index contributed by atoms with van der Waals surface area (Å²) in [6, 6.07) is 0. The Bertz CT molecular complexity index is 60.6. The highest BCUT2D eigenvalue weighted by atomic mass is 19.1. The van der Waals surface area contributed by atoms with Crippen molar-refractivity contribution >= 4 is 0 Å². The Morgan fingerprint density at radius 3 is 1.91 bits per heavy atom. The minimum atomic E-state index is -0.776. The van der Waals surface area contributed by atoms with Crippen LogP contribution in [0, 0.1) is 5.92 Å². The quantitative estimate of drug-likeness (QED) is 0.677. The van der Waals surface area contributed by atoms with Crippen molar-refractivity contribution in [2.45, 2.75) is 46.7 Å². The molecule has 0 spiro atoms. The van der Waals surface area contributed by atoms with Gasteiger partial charge in [0.15, 0.2) is 0 Å². The van der Waals surface area contributed by atoms with Crippen LogP contribution < -0.4 is 0 Å². The number of hydrogen-bond acceptors (Lipinski definition) is 1. The largest absolute Gasteiger partial charge is 0.396 e. The molecule has 0 aromatic heterocycles. The summed E-state index contributed by atoms with van der Waals surface area (Å²) in [7, 11) is 0. The molecule has 0 saturated heterocycles. The number of halogens is 1. The number of alkyl halides is 1. The van der Waals surface area contributed by atoms with Gasteiger partial charge >= 0.3 is 0 Å². The van der Waals surface area contributed by atoms with E-state index < -0.39 is 6.17 Å². The van der Waals surface area contributed by atoms with Crippen LogP contribution in [0.3, 0.4) is 0 Å². The summed E-state index contributed by atoms with van der Waals surface area (Å²) in [4.78, 5) is 0. The number of aliphatic hydroxyl groups excluding tert-OH is 1. The van der Waals surface area contributed by atoms with E-state index in [1.165, 1.54) is 6.92 Å². The minimum Gasteiger partial charge on any atom is -0.396 e. The van der Waals surface area contributed by atoms with Gasteiger partial charge in [-0.1, -0.05) is 27.2 Å². The van der Waals surface area contributed by atoms with Crippen molar-refractivity contribution in [3.8, 4) is 0 Å². The zero-order valence-corrected chi connectivity index (χ0v) is 8.10. The molecular weight excluding hydrogens is 143 g/mol. The van der Waals surface area contributed by atoms with E-state index in [1.807, 2.05) is 20.8 Å². The van der Waals surface area contributed by atoms with Gasteiger partial charge in [-0.15, -0.1) is 0 Å². The lowest BCUT2D eigenvalue weighted by Gasteiger charge is -2.10. The lowest BCUT2D eigenvalue weighted by Crippen LogP contribution is -2.09. The monoisotopic (exact) mass is 164 g/mol. The van der Waals surface area contributed by atoms with Crippen LogP contribution in [-0.2, 0) is 0 Å². The van der Waals surface area contributed by atoms with Crippen molar-refractivity contribution in [2.75, 3.05) is 6.61 Å². The Balaban J connectivity index is 0. The second-order valence-electron chi connectivity index (χ2n) is 2.47. The molecule has 0 aromatic rings. The maximum atomic E-state index is 12.2. The molecule has 0 fully saturated rings. The zero-order chi connectivity index (χ0) is 9.28. The fraction of sp³-hybridized carbons (Fsp3) is 1.00. The first-order valence-corrected chi connectivity index (χ1v) is 4.45. The van der Waals surface area contributed by atoms with Crippen molar-refractivity contribution in [3.63, 3.8) is 0 Å². The first kappa shape index (κ1) is 13.5. The van der Waals surface area contributed by atoms with E-state index in [0.29, 0.717) is 6.42 Å². The van der Waals surface area contributed by atoms with Gasteiger partial charge in [-0.05, 0) is 19.3 Å². The summed E-state index contributed by atoms with van der Waals surface area (Å²) in [5.74, 6) is 0.157. The third-order valence-corrected chi connectivity index (χ3v) is 1.49. The lowest BCUT2D eigenvalue weighted by molar-refractivity contribution is 0.182. The number of hydrogen-bond donors (Lipinski definition) is 1. The van der Waals surface area contributed by atoms with E-state index in [-0.39, 0.29) is 12.5 Å². The molecule has 0 amide bonds. The van der Waals surface area contributed by atoms with Gasteiger partial charge in [-0.3, -0.25) is 0 Å². The van der Waals surface area contributed by atoms with Gasteiger partial charge in [0.05, 0.1) is 6.17 Å². The number of rotatable bonds is 4. The average molecular weight is 164 g/mol. The molecule has 11 heavy (non-hydrogen) atoms. The molecule has 0 aliphatic rings. The standard InChI is InChI=1S/C7H15FO.C2H6/c1-3-7(5-9)4-6(2)8;1-2/h6-7,9H,3-5H2,1-2H3;1-2H3. The van der Waals surface area contributed by atoms with Crippen LogP contribution in [0.5, 0.6) is 0 Å². The van der Waals surface area contributed by atoms with E-state index in [0.717, 1.165) is 6.42 Å². The van der Waals surface area contributed by atoms with E-state index in [1.54, 1.807) is 0 Å².